The number of nitrogens with zero attached hydrogens (tertiary/aromatic N) is 3. The van der Waals surface area contributed by atoms with Crippen molar-refractivity contribution in [3.63, 3.8) is 0 Å². The van der Waals surface area contributed by atoms with Gasteiger partial charge in [0.25, 0.3) is 0 Å². The second kappa shape index (κ2) is 9.72. The van der Waals surface area contributed by atoms with Crippen LogP contribution in [0, 0.1) is 0 Å². The van der Waals surface area contributed by atoms with Gasteiger partial charge in [-0.05, 0) is 35.9 Å². The van der Waals surface area contributed by atoms with Crippen molar-refractivity contribution in [2.75, 3.05) is 25.0 Å². The number of nitrogens with one attached hydrogen (secondary N) is 3. The first kappa shape index (κ1) is 21.6. The van der Waals surface area contributed by atoms with Crippen molar-refractivity contribution < 1.29 is 14.3 Å². The van der Waals surface area contributed by atoms with Crippen LogP contribution in [0.2, 0.25) is 0 Å². The molecule has 0 saturated carbocycles. The van der Waals surface area contributed by atoms with E-state index in [1.165, 1.54) is 0 Å². The van der Waals surface area contributed by atoms with Crippen LogP contribution < -0.4 is 10.6 Å². The van der Waals surface area contributed by atoms with Gasteiger partial charge in [-0.2, -0.15) is 5.10 Å². The highest BCUT2D eigenvalue weighted by molar-refractivity contribution is 6.00. The number of carbonyl (C=O) groups excluding carboxylic acids is 2. The molecule has 2 aromatic carbocycles. The maximum Gasteiger partial charge on any atom is 0.410 e. The van der Waals surface area contributed by atoms with Crippen molar-refractivity contribution in [1.29, 1.82) is 0 Å². The van der Waals surface area contributed by atoms with Crippen molar-refractivity contribution in [3.05, 3.63) is 78.6 Å². The fourth-order valence-corrected chi connectivity index (χ4v) is 3.95. The van der Waals surface area contributed by atoms with Crippen LogP contribution in [-0.2, 0) is 16.1 Å². The number of anilines is 1. The van der Waals surface area contributed by atoms with Crippen LogP contribution in [0.5, 0.6) is 0 Å². The van der Waals surface area contributed by atoms with Gasteiger partial charge in [-0.15, -0.1) is 0 Å². The Hall–Kier alpha value is -4.24. The van der Waals surface area contributed by atoms with Gasteiger partial charge in [0.05, 0.1) is 5.52 Å². The van der Waals surface area contributed by atoms with Gasteiger partial charge in [-0.3, -0.25) is 14.9 Å². The van der Waals surface area contributed by atoms with Gasteiger partial charge in [0.2, 0.25) is 5.91 Å². The molecule has 9 nitrogen and oxygen atoms in total. The highest BCUT2D eigenvalue weighted by Crippen LogP contribution is 2.28. The van der Waals surface area contributed by atoms with E-state index in [1.807, 2.05) is 60.7 Å². The molecule has 1 aliphatic rings. The van der Waals surface area contributed by atoms with E-state index in [4.69, 9.17) is 4.74 Å². The Morgan fingerprint density at radius 2 is 1.91 bits per heavy atom. The monoisotopic (exact) mass is 456 g/mol. The summed E-state index contributed by atoms with van der Waals surface area (Å²) < 4.78 is 5.42. The van der Waals surface area contributed by atoms with Gasteiger partial charge < -0.3 is 20.3 Å². The predicted molar refractivity (Wildman–Crippen MR) is 128 cm³/mol. The number of benzene rings is 2. The van der Waals surface area contributed by atoms with Gasteiger partial charge in [-0.1, -0.05) is 30.3 Å². The van der Waals surface area contributed by atoms with Crippen molar-refractivity contribution >= 4 is 28.6 Å². The highest BCUT2D eigenvalue weighted by atomic mass is 16.6. The molecule has 2 aromatic heterocycles. The summed E-state index contributed by atoms with van der Waals surface area (Å²) in [6.45, 7) is 1.42. The molecule has 4 aromatic rings. The number of hydrogen-bond acceptors (Lipinski definition) is 6. The van der Waals surface area contributed by atoms with Crippen LogP contribution in [0.25, 0.3) is 22.2 Å². The number of amides is 2. The molecule has 9 heteroatoms. The van der Waals surface area contributed by atoms with Gasteiger partial charge in [0, 0.05) is 48.7 Å². The number of ether oxygens (including phenoxy) is 1. The molecular weight excluding hydrogens is 432 g/mol. The lowest BCUT2D eigenvalue weighted by Gasteiger charge is -2.32. The summed E-state index contributed by atoms with van der Waals surface area (Å²) in [5, 5.41) is 14.5. The average Bonchev–Trinajstić information content (AvgIpc) is 3.32. The molecule has 1 unspecified atom stereocenters. The van der Waals surface area contributed by atoms with E-state index < -0.39 is 12.1 Å². The zero-order valence-corrected chi connectivity index (χ0v) is 18.4. The van der Waals surface area contributed by atoms with E-state index in [0.717, 1.165) is 27.7 Å². The van der Waals surface area contributed by atoms with E-state index in [1.54, 1.807) is 17.3 Å². The van der Waals surface area contributed by atoms with E-state index in [-0.39, 0.29) is 19.1 Å². The van der Waals surface area contributed by atoms with Gasteiger partial charge in [0.1, 0.15) is 18.3 Å². The van der Waals surface area contributed by atoms with Crippen LogP contribution in [0.1, 0.15) is 5.56 Å². The zero-order valence-electron chi connectivity index (χ0n) is 18.4. The van der Waals surface area contributed by atoms with Crippen molar-refractivity contribution in [2.45, 2.75) is 12.6 Å². The molecule has 0 aliphatic carbocycles. The molecule has 5 rings (SSSR count). The van der Waals surface area contributed by atoms with Gasteiger partial charge in [0.15, 0.2) is 0 Å². The third-order valence-corrected chi connectivity index (χ3v) is 5.74. The smallest absolute Gasteiger partial charge is 0.410 e. The zero-order chi connectivity index (χ0) is 23.3. The average molecular weight is 457 g/mol. The molecule has 1 fully saturated rings. The Labute approximate surface area is 196 Å². The molecule has 2 amide bonds. The fourth-order valence-electron chi connectivity index (χ4n) is 3.95. The Morgan fingerprint density at radius 1 is 1.09 bits per heavy atom. The Balaban J connectivity index is 1.23. The highest BCUT2D eigenvalue weighted by Gasteiger charge is 2.29. The molecule has 172 valence electrons. The second-order valence-electron chi connectivity index (χ2n) is 8.05. The molecule has 1 saturated heterocycles. The predicted octanol–water partition coefficient (Wildman–Crippen LogP) is 3.17. The summed E-state index contributed by atoms with van der Waals surface area (Å²) in [5.74, 6) is -0.214. The van der Waals surface area contributed by atoms with Gasteiger partial charge in [-0.25, -0.2) is 4.79 Å². The quantitative estimate of drug-likeness (QED) is 0.425. The minimum Gasteiger partial charge on any atom is -0.445 e. The Kier molecular flexibility index (Phi) is 6.17. The van der Waals surface area contributed by atoms with Crippen LogP contribution in [-0.4, -0.2) is 57.8 Å². The molecule has 0 radical (unpaired) electrons. The number of piperazine rings is 1. The first-order chi connectivity index (χ1) is 16.7. The molecule has 1 aliphatic heterocycles. The van der Waals surface area contributed by atoms with Crippen LogP contribution in [0.15, 0.2) is 73.1 Å². The first-order valence-electron chi connectivity index (χ1n) is 11.1. The standard InChI is InChI=1S/C25H24N6O3/c32-24(22-15-31(13-12-27-22)25(33)34-16-17-4-2-1-3-5-17)28-19-6-7-21-20(14-19)23(30-29-21)18-8-10-26-11-9-18/h1-11,14,22,27H,12-13,15-16H2,(H,28,32)(H,29,30). The second-order valence-corrected chi connectivity index (χ2v) is 8.05. The summed E-state index contributed by atoms with van der Waals surface area (Å²) in [6.07, 6.45) is 3.00. The molecule has 0 spiro atoms. The normalized spacial score (nSPS) is 15.8. The van der Waals surface area contributed by atoms with Crippen LogP contribution >= 0.6 is 0 Å². The molecular formula is C25H24N6O3. The molecule has 34 heavy (non-hydrogen) atoms. The maximum absolute atomic E-state index is 13.0. The molecule has 3 N–H and O–H groups in total. The van der Waals surface area contributed by atoms with E-state index >= 15 is 0 Å². The summed E-state index contributed by atoms with van der Waals surface area (Å²) in [6, 6.07) is 18.3. The lowest BCUT2D eigenvalue weighted by molar-refractivity contribution is -0.119. The molecule has 3 heterocycles. The maximum atomic E-state index is 13.0. The number of pyridine rings is 1. The lowest BCUT2D eigenvalue weighted by Crippen LogP contribution is -2.57. The number of hydrogen-bond donors (Lipinski definition) is 3. The number of aromatic nitrogens is 3. The fraction of sp³-hybridized carbons (Fsp3) is 0.200. The van der Waals surface area contributed by atoms with E-state index in [0.29, 0.717) is 18.8 Å². The number of carbonyl (C=O) groups is 2. The molecule has 0 bridgehead atoms. The van der Waals surface area contributed by atoms with Crippen LogP contribution in [0.3, 0.4) is 0 Å². The van der Waals surface area contributed by atoms with Crippen LogP contribution in [0.4, 0.5) is 10.5 Å². The number of aromatic amines is 1. The van der Waals surface area contributed by atoms with E-state index in [9.17, 15) is 9.59 Å². The number of rotatable bonds is 5. The molecule has 1 atom stereocenters. The van der Waals surface area contributed by atoms with Gasteiger partial charge >= 0.3 is 6.09 Å². The van der Waals surface area contributed by atoms with E-state index in [2.05, 4.69) is 25.8 Å². The lowest BCUT2D eigenvalue weighted by atomic mass is 10.1. The minimum absolute atomic E-state index is 0.199. The largest absolute Gasteiger partial charge is 0.445 e. The summed E-state index contributed by atoms with van der Waals surface area (Å²) in [5.41, 5.74) is 4.16. The van der Waals surface area contributed by atoms with Crippen molar-refractivity contribution in [1.82, 2.24) is 25.4 Å². The SMILES string of the molecule is O=C(Nc1ccc2[nH]nc(-c3ccncc3)c2c1)C1CN(C(=O)OCc2ccccc2)CCN1. The third kappa shape index (κ3) is 4.74. The number of fused-ring (bicyclic) bond motifs is 1. The Bertz CT molecular complexity index is 1290. The summed E-state index contributed by atoms with van der Waals surface area (Å²) in [4.78, 5) is 31.1. The summed E-state index contributed by atoms with van der Waals surface area (Å²) in [7, 11) is 0. The topological polar surface area (TPSA) is 112 Å². The number of H-pyrrole nitrogens is 1. The first-order valence-corrected chi connectivity index (χ1v) is 11.1. The summed E-state index contributed by atoms with van der Waals surface area (Å²) >= 11 is 0. The van der Waals surface area contributed by atoms with Crippen molar-refractivity contribution in [3.8, 4) is 11.3 Å². The van der Waals surface area contributed by atoms with Crippen molar-refractivity contribution in [2.24, 2.45) is 0 Å². The Morgan fingerprint density at radius 3 is 2.74 bits per heavy atom. The third-order valence-electron chi connectivity index (χ3n) is 5.74. The minimum atomic E-state index is -0.544.